The highest BCUT2D eigenvalue weighted by Gasteiger charge is 2.26. The van der Waals surface area contributed by atoms with Crippen LogP contribution in [0.1, 0.15) is 6.42 Å². The summed E-state index contributed by atoms with van der Waals surface area (Å²) in [7, 11) is 0. The minimum atomic E-state index is -4.38. The Balaban J connectivity index is 2.49. The van der Waals surface area contributed by atoms with Gasteiger partial charge in [-0.25, -0.2) is 4.99 Å². The molecule has 102 valence electrons. The largest absolute Gasteiger partial charge is 0.408 e. The number of nitrogens with one attached hydrogen (secondary N) is 1. The number of alkyl halides is 3. The fraction of sp³-hybridized carbons (Fsp3) is 0.556. The molecule has 1 heterocycles. The molecule has 0 aromatic carbocycles. The van der Waals surface area contributed by atoms with Gasteiger partial charge in [0.15, 0.2) is 11.8 Å². The highest BCUT2D eigenvalue weighted by Crippen LogP contribution is 2.14. The minimum absolute atomic E-state index is 0.0395. The van der Waals surface area contributed by atoms with E-state index in [0.717, 1.165) is 0 Å². The molecule has 1 aromatic heterocycles. The molecule has 0 aliphatic rings. The summed E-state index contributed by atoms with van der Waals surface area (Å²) in [5.41, 5.74) is 5.27. The molecule has 0 aliphatic heterocycles. The molecule has 0 atom stereocenters. The maximum atomic E-state index is 11.9. The van der Waals surface area contributed by atoms with E-state index in [1.807, 2.05) is 0 Å². The summed E-state index contributed by atoms with van der Waals surface area (Å²) in [4.78, 5) is 3.13. The summed E-state index contributed by atoms with van der Waals surface area (Å²) in [5, 5.41) is 15.1. The van der Waals surface area contributed by atoms with Gasteiger partial charge in [0, 0.05) is 25.4 Å². The zero-order valence-electron chi connectivity index (χ0n) is 9.48. The maximum Gasteiger partial charge on any atom is 0.408 e. The van der Waals surface area contributed by atoms with Crippen molar-refractivity contribution in [3.05, 3.63) is 12.3 Å². The first kappa shape index (κ1) is 14.3. The molecular formula is C9H14F3N5O. The predicted molar refractivity (Wildman–Crippen MR) is 60.1 cm³/mol. The van der Waals surface area contributed by atoms with Crippen molar-refractivity contribution in [1.29, 1.82) is 0 Å². The molecule has 9 heteroatoms. The van der Waals surface area contributed by atoms with Crippen LogP contribution in [0.4, 0.5) is 19.0 Å². The van der Waals surface area contributed by atoms with Crippen molar-refractivity contribution in [1.82, 2.24) is 9.78 Å². The first-order valence-electron chi connectivity index (χ1n) is 5.19. The third-order valence-corrected chi connectivity index (χ3v) is 1.87. The number of nitrogens with zero attached hydrogens (tertiary/aromatic N) is 3. The van der Waals surface area contributed by atoms with E-state index in [1.54, 1.807) is 12.3 Å². The van der Waals surface area contributed by atoms with E-state index < -0.39 is 12.7 Å². The molecule has 1 aromatic rings. The van der Waals surface area contributed by atoms with Crippen LogP contribution in [0.25, 0.3) is 0 Å². The number of guanidine groups is 1. The standard InChI is InChI=1S/C9H14F3N5O/c10-9(11,12)6-14-8(13)15-7-2-4-17(16-7)3-1-5-18/h2,4,18H,1,3,5-6H2,(H3,13,14,15,16). The second-order valence-corrected chi connectivity index (χ2v) is 3.48. The summed E-state index contributed by atoms with van der Waals surface area (Å²) in [6.45, 7) is -0.785. The average Bonchev–Trinajstić information content (AvgIpc) is 2.70. The first-order chi connectivity index (χ1) is 8.40. The third kappa shape index (κ3) is 5.53. The Morgan fingerprint density at radius 2 is 2.28 bits per heavy atom. The zero-order chi connectivity index (χ0) is 13.6. The van der Waals surface area contributed by atoms with Gasteiger partial charge in [-0.3, -0.25) is 4.68 Å². The summed E-state index contributed by atoms with van der Waals surface area (Å²) < 4.78 is 37.1. The van der Waals surface area contributed by atoms with Crippen molar-refractivity contribution in [2.45, 2.75) is 19.1 Å². The number of halogens is 3. The number of anilines is 1. The lowest BCUT2D eigenvalue weighted by molar-refractivity contribution is -0.118. The van der Waals surface area contributed by atoms with Gasteiger partial charge in [-0.15, -0.1) is 0 Å². The fourth-order valence-electron chi connectivity index (χ4n) is 1.13. The van der Waals surface area contributed by atoms with E-state index in [4.69, 9.17) is 10.8 Å². The molecule has 6 nitrogen and oxygen atoms in total. The highest BCUT2D eigenvalue weighted by molar-refractivity contribution is 5.91. The number of aromatic nitrogens is 2. The second kappa shape index (κ2) is 6.24. The van der Waals surface area contributed by atoms with Gasteiger partial charge in [0.05, 0.1) is 0 Å². The number of hydrogen-bond acceptors (Lipinski definition) is 3. The van der Waals surface area contributed by atoms with E-state index in [0.29, 0.717) is 18.8 Å². The van der Waals surface area contributed by atoms with Crippen molar-refractivity contribution in [3.63, 3.8) is 0 Å². The number of aliphatic hydroxyl groups excluding tert-OH is 1. The van der Waals surface area contributed by atoms with E-state index in [-0.39, 0.29) is 12.6 Å². The normalized spacial score (nSPS) is 12.8. The number of rotatable bonds is 5. The summed E-state index contributed by atoms with van der Waals surface area (Å²) in [5.74, 6) is -0.0453. The molecule has 18 heavy (non-hydrogen) atoms. The first-order valence-corrected chi connectivity index (χ1v) is 5.19. The zero-order valence-corrected chi connectivity index (χ0v) is 9.48. The summed E-state index contributed by atoms with van der Waals surface area (Å²) in [6.07, 6.45) is -2.22. The quantitative estimate of drug-likeness (QED) is 0.536. The van der Waals surface area contributed by atoms with Crippen LogP contribution in [0.2, 0.25) is 0 Å². The van der Waals surface area contributed by atoms with Crippen LogP contribution >= 0.6 is 0 Å². The van der Waals surface area contributed by atoms with Crippen molar-refractivity contribution in [2.24, 2.45) is 10.7 Å². The fourth-order valence-corrected chi connectivity index (χ4v) is 1.13. The Morgan fingerprint density at radius 1 is 1.56 bits per heavy atom. The Morgan fingerprint density at radius 3 is 2.89 bits per heavy atom. The number of aryl methyl sites for hydroxylation is 1. The van der Waals surface area contributed by atoms with Gasteiger partial charge >= 0.3 is 6.18 Å². The van der Waals surface area contributed by atoms with E-state index >= 15 is 0 Å². The van der Waals surface area contributed by atoms with Gasteiger partial charge in [0.1, 0.15) is 6.54 Å². The lowest BCUT2D eigenvalue weighted by Gasteiger charge is -2.04. The van der Waals surface area contributed by atoms with E-state index in [2.05, 4.69) is 15.4 Å². The number of nitrogens with two attached hydrogens (primary N) is 1. The van der Waals surface area contributed by atoms with E-state index in [1.165, 1.54) is 4.68 Å². The van der Waals surface area contributed by atoms with Gasteiger partial charge in [-0.1, -0.05) is 0 Å². The SMILES string of the molecule is NC(=NCC(F)(F)F)Nc1ccn(CCCO)n1. The third-order valence-electron chi connectivity index (χ3n) is 1.87. The number of hydrogen-bond donors (Lipinski definition) is 3. The van der Waals surface area contributed by atoms with Crippen LogP contribution in [0, 0.1) is 0 Å². The highest BCUT2D eigenvalue weighted by atomic mass is 19.4. The van der Waals surface area contributed by atoms with Crippen LogP contribution < -0.4 is 11.1 Å². The maximum absolute atomic E-state index is 11.9. The van der Waals surface area contributed by atoms with Crippen molar-refractivity contribution >= 4 is 11.8 Å². The molecule has 0 radical (unpaired) electrons. The van der Waals surface area contributed by atoms with Crippen LogP contribution in [0.5, 0.6) is 0 Å². The monoisotopic (exact) mass is 265 g/mol. The van der Waals surface area contributed by atoms with E-state index in [9.17, 15) is 13.2 Å². The Bertz CT molecular complexity index is 401. The average molecular weight is 265 g/mol. The molecule has 0 fully saturated rings. The van der Waals surface area contributed by atoms with Crippen LogP contribution in [-0.4, -0.2) is 40.2 Å². The second-order valence-electron chi connectivity index (χ2n) is 3.48. The molecule has 0 saturated heterocycles. The molecule has 0 amide bonds. The van der Waals surface area contributed by atoms with Crippen LogP contribution in [0.3, 0.4) is 0 Å². The van der Waals surface area contributed by atoms with Crippen molar-refractivity contribution in [2.75, 3.05) is 18.5 Å². The van der Waals surface area contributed by atoms with Gasteiger partial charge < -0.3 is 16.2 Å². The van der Waals surface area contributed by atoms with Gasteiger partial charge in [0.2, 0.25) is 0 Å². The topological polar surface area (TPSA) is 88.5 Å². The van der Waals surface area contributed by atoms with Crippen LogP contribution in [-0.2, 0) is 6.54 Å². The predicted octanol–water partition coefficient (Wildman–Crippen LogP) is 0.554. The summed E-state index contributed by atoms with van der Waals surface area (Å²) >= 11 is 0. The molecular weight excluding hydrogens is 251 g/mol. The molecule has 4 N–H and O–H groups in total. The lowest BCUT2D eigenvalue weighted by atomic mass is 10.5. The molecule has 0 spiro atoms. The Kier molecular flexibility index (Phi) is 4.95. The molecule has 0 saturated carbocycles. The van der Waals surface area contributed by atoms with Gasteiger partial charge in [-0.2, -0.15) is 18.3 Å². The minimum Gasteiger partial charge on any atom is -0.396 e. The number of aliphatic hydroxyl groups is 1. The van der Waals surface area contributed by atoms with Crippen molar-refractivity contribution < 1.29 is 18.3 Å². The van der Waals surface area contributed by atoms with Crippen molar-refractivity contribution in [3.8, 4) is 0 Å². The molecule has 0 bridgehead atoms. The molecule has 1 rings (SSSR count). The number of aliphatic imine (C=N–C) groups is 1. The molecule has 0 unspecified atom stereocenters. The van der Waals surface area contributed by atoms with Crippen LogP contribution in [0.15, 0.2) is 17.3 Å². The van der Waals surface area contributed by atoms with Gasteiger partial charge in [0.25, 0.3) is 0 Å². The smallest absolute Gasteiger partial charge is 0.396 e. The van der Waals surface area contributed by atoms with Gasteiger partial charge in [-0.05, 0) is 6.42 Å². The lowest BCUT2D eigenvalue weighted by Crippen LogP contribution is -2.25. The summed E-state index contributed by atoms with van der Waals surface area (Å²) in [6, 6.07) is 1.55. The Labute approximate surface area is 101 Å². The Hall–Kier alpha value is -1.77. The molecule has 0 aliphatic carbocycles.